The lowest BCUT2D eigenvalue weighted by atomic mass is 10.1. The van der Waals surface area contributed by atoms with Crippen molar-refractivity contribution < 1.29 is 9.18 Å². The predicted octanol–water partition coefficient (Wildman–Crippen LogP) is 1.99. The van der Waals surface area contributed by atoms with Crippen LogP contribution in [0.3, 0.4) is 0 Å². The van der Waals surface area contributed by atoms with Gasteiger partial charge in [-0.3, -0.25) is 4.79 Å². The van der Waals surface area contributed by atoms with Crippen LogP contribution in [0.15, 0.2) is 24.3 Å². The number of likely N-dealkylation sites (tertiary alicyclic amines) is 1. The summed E-state index contributed by atoms with van der Waals surface area (Å²) in [5, 5.41) is 0. The van der Waals surface area contributed by atoms with E-state index in [0.29, 0.717) is 13.1 Å². The second-order valence-corrected chi connectivity index (χ2v) is 5.52. The van der Waals surface area contributed by atoms with Crippen molar-refractivity contribution in [2.24, 2.45) is 5.73 Å². The minimum absolute atomic E-state index is 0.147. The molecule has 1 heterocycles. The average molecular weight is 293 g/mol. The standard InChI is InChI=1S/C16H24FN3O/c1-13(16(21)19-10-2-3-11-19)20(12-4-9-18)15-7-5-14(17)6-8-15/h5-8,13H,2-4,9-12,18H2,1H3. The van der Waals surface area contributed by atoms with Crippen LogP contribution in [0, 0.1) is 5.82 Å². The summed E-state index contributed by atoms with van der Waals surface area (Å²) >= 11 is 0. The number of nitrogens with zero attached hydrogens (tertiary/aromatic N) is 2. The van der Waals surface area contributed by atoms with Crippen molar-refractivity contribution >= 4 is 11.6 Å². The van der Waals surface area contributed by atoms with E-state index in [1.807, 2.05) is 16.7 Å². The highest BCUT2D eigenvalue weighted by Gasteiger charge is 2.27. The molecule has 1 aromatic carbocycles. The molecule has 1 unspecified atom stereocenters. The van der Waals surface area contributed by atoms with E-state index in [1.165, 1.54) is 12.1 Å². The summed E-state index contributed by atoms with van der Waals surface area (Å²) in [5.41, 5.74) is 6.46. The molecule has 1 amide bonds. The summed E-state index contributed by atoms with van der Waals surface area (Å²) in [5.74, 6) is -0.120. The normalized spacial score (nSPS) is 16.0. The molecule has 1 aliphatic heterocycles. The minimum atomic E-state index is -0.268. The number of amides is 1. The number of benzene rings is 1. The van der Waals surface area contributed by atoms with Crippen molar-refractivity contribution in [2.75, 3.05) is 31.1 Å². The highest BCUT2D eigenvalue weighted by molar-refractivity contribution is 5.85. The summed E-state index contributed by atoms with van der Waals surface area (Å²) in [6.45, 7) is 4.88. The van der Waals surface area contributed by atoms with E-state index in [9.17, 15) is 9.18 Å². The van der Waals surface area contributed by atoms with Gasteiger partial charge in [0.1, 0.15) is 11.9 Å². The van der Waals surface area contributed by atoms with Crippen LogP contribution >= 0.6 is 0 Å². The van der Waals surface area contributed by atoms with Crippen LogP contribution in [0.2, 0.25) is 0 Å². The predicted molar refractivity (Wildman–Crippen MR) is 82.7 cm³/mol. The molecule has 0 aliphatic carbocycles. The zero-order chi connectivity index (χ0) is 15.2. The lowest BCUT2D eigenvalue weighted by Crippen LogP contribution is -2.47. The van der Waals surface area contributed by atoms with Gasteiger partial charge in [-0.2, -0.15) is 0 Å². The molecular formula is C16H24FN3O. The van der Waals surface area contributed by atoms with Gasteiger partial charge in [-0.1, -0.05) is 0 Å². The van der Waals surface area contributed by atoms with Crippen molar-refractivity contribution in [1.82, 2.24) is 4.90 Å². The summed E-state index contributed by atoms with van der Waals surface area (Å²) < 4.78 is 13.1. The first-order valence-corrected chi connectivity index (χ1v) is 7.64. The van der Waals surface area contributed by atoms with E-state index in [4.69, 9.17) is 5.73 Å². The van der Waals surface area contributed by atoms with E-state index in [0.717, 1.165) is 38.0 Å². The molecular weight excluding hydrogens is 269 g/mol. The Bertz CT molecular complexity index is 457. The molecule has 0 spiro atoms. The number of carbonyl (C=O) groups excluding carboxylic acids is 1. The molecule has 2 rings (SSSR count). The molecule has 1 atom stereocenters. The number of carbonyl (C=O) groups is 1. The van der Waals surface area contributed by atoms with E-state index < -0.39 is 0 Å². The zero-order valence-corrected chi connectivity index (χ0v) is 12.6. The minimum Gasteiger partial charge on any atom is -0.360 e. The second-order valence-electron chi connectivity index (χ2n) is 5.52. The summed E-state index contributed by atoms with van der Waals surface area (Å²) in [4.78, 5) is 16.5. The van der Waals surface area contributed by atoms with Crippen LogP contribution in [-0.4, -0.2) is 43.0 Å². The lowest BCUT2D eigenvalue weighted by Gasteiger charge is -2.33. The molecule has 4 nitrogen and oxygen atoms in total. The Hall–Kier alpha value is -1.62. The molecule has 1 saturated heterocycles. The van der Waals surface area contributed by atoms with Gasteiger partial charge < -0.3 is 15.5 Å². The molecule has 116 valence electrons. The number of hydrogen-bond donors (Lipinski definition) is 1. The van der Waals surface area contributed by atoms with Crippen molar-refractivity contribution in [3.8, 4) is 0 Å². The molecule has 5 heteroatoms. The van der Waals surface area contributed by atoms with Gasteiger partial charge in [-0.05, 0) is 57.0 Å². The maximum absolute atomic E-state index is 13.1. The van der Waals surface area contributed by atoms with E-state index >= 15 is 0 Å². The Balaban J connectivity index is 2.13. The van der Waals surface area contributed by atoms with Crippen LogP contribution < -0.4 is 10.6 Å². The smallest absolute Gasteiger partial charge is 0.244 e. The summed E-state index contributed by atoms with van der Waals surface area (Å²) in [6.07, 6.45) is 2.96. The number of nitrogens with two attached hydrogens (primary N) is 1. The Labute approximate surface area is 125 Å². The monoisotopic (exact) mass is 293 g/mol. The maximum atomic E-state index is 13.1. The van der Waals surface area contributed by atoms with Gasteiger partial charge in [-0.15, -0.1) is 0 Å². The second kappa shape index (κ2) is 7.41. The molecule has 0 radical (unpaired) electrons. The first-order valence-electron chi connectivity index (χ1n) is 7.64. The molecule has 1 aromatic rings. The highest BCUT2D eigenvalue weighted by Crippen LogP contribution is 2.20. The van der Waals surface area contributed by atoms with Gasteiger partial charge in [0.05, 0.1) is 0 Å². The molecule has 1 fully saturated rings. The molecule has 0 bridgehead atoms. The Morgan fingerprint density at radius 3 is 2.52 bits per heavy atom. The third-order valence-corrected chi connectivity index (χ3v) is 4.00. The Morgan fingerprint density at radius 2 is 1.95 bits per heavy atom. The van der Waals surface area contributed by atoms with Gasteiger partial charge in [0.25, 0.3) is 0 Å². The van der Waals surface area contributed by atoms with Crippen LogP contribution in [-0.2, 0) is 4.79 Å². The maximum Gasteiger partial charge on any atom is 0.244 e. The van der Waals surface area contributed by atoms with Crippen molar-refractivity contribution in [3.05, 3.63) is 30.1 Å². The first-order chi connectivity index (χ1) is 10.1. The molecule has 0 saturated carbocycles. The quantitative estimate of drug-likeness (QED) is 0.872. The van der Waals surface area contributed by atoms with E-state index in [1.54, 1.807) is 12.1 Å². The first kappa shape index (κ1) is 15.8. The molecule has 0 aromatic heterocycles. The lowest BCUT2D eigenvalue weighted by molar-refractivity contribution is -0.131. The SMILES string of the molecule is CC(C(=O)N1CCCC1)N(CCCN)c1ccc(F)cc1. The van der Waals surface area contributed by atoms with E-state index in [-0.39, 0.29) is 17.8 Å². The number of rotatable bonds is 6. The molecule has 21 heavy (non-hydrogen) atoms. The van der Waals surface area contributed by atoms with Crippen LogP contribution in [0.5, 0.6) is 0 Å². The van der Waals surface area contributed by atoms with Crippen molar-refractivity contribution in [3.63, 3.8) is 0 Å². The molecule has 2 N–H and O–H groups in total. The third-order valence-electron chi connectivity index (χ3n) is 4.00. The third kappa shape index (κ3) is 3.94. The average Bonchev–Trinajstić information content (AvgIpc) is 3.02. The number of halogens is 1. The largest absolute Gasteiger partial charge is 0.360 e. The zero-order valence-electron chi connectivity index (χ0n) is 12.6. The fourth-order valence-corrected chi connectivity index (χ4v) is 2.78. The summed E-state index contributed by atoms with van der Waals surface area (Å²) in [7, 11) is 0. The van der Waals surface area contributed by atoms with Gasteiger partial charge in [-0.25, -0.2) is 4.39 Å². The van der Waals surface area contributed by atoms with Crippen molar-refractivity contribution in [2.45, 2.75) is 32.2 Å². The van der Waals surface area contributed by atoms with Gasteiger partial charge in [0.2, 0.25) is 5.91 Å². The number of hydrogen-bond acceptors (Lipinski definition) is 3. The van der Waals surface area contributed by atoms with Crippen molar-refractivity contribution in [1.29, 1.82) is 0 Å². The topological polar surface area (TPSA) is 49.6 Å². The highest BCUT2D eigenvalue weighted by atomic mass is 19.1. The summed E-state index contributed by atoms with van der Waals surface area (Å²) in [6, 6.07) is 6.05. The van der Waals surface area contributed by atoms with Gasteiger partial charge >= 0.3 is 0 Å². The van der Waals surface area contributed by atoms with E-state index in [2.05, 4.69) is 0 Å². The van der Waals surface area contributed by atoms with Gasteiger partial charge in [0.15, 0.2) is 0 Å². The molecule has 1 aliphatic rings. The Kier molecular flexibility index (Phi) is 5.56. The fourth-order valence-electron chi connectivity index (χ4n) is 2.78. The van der Waals surface area contributed by atoms with Crippen LogP contribution in [0.1, 0.15) is 26.2 Å². The van der Waals surface area contributed by atoms with Crippen LogP contribution in [0.4, 0.5) is 10.1 Å². The Morgan fingerprint density at radius 1 is 1.33 bits per heavy atom. The number of anilines is 1. The fraction of sp³-hybridized carbons (Fsp3) is 0.562. The van der Waals surface area contributed by atoms with Gasteiger partial charge in [0, 0.05) is 25.3 Å². The van der Waals surface area contributed by atoms with Crippen LogP contribution in [0.25, 0.3) is 0 Å².